The Labute approximate surface area is 141 Å². The molecular weight excluding hydrogens is 306 g/mol. The van der Waals surface area contributed by atoms with E-state index in [1.807, 2.05) is 48.5 Å². The predicted molar refractivity (Wildman–Crippen MR) is 91.5 cm³/mol. The van der Waals surface area contributed by atoms with Gasteiger partial charge in [-0.25, -0.2) is 4.79 Å². The Morgan fingerprint density at radius 2 is 1.75 bits per heavy atom. The molecule has 24 heavy (non-hydrogen) atoms. The Bertz CT molecular complexity index is 667. The van der Waals surface area contributed by atoms with Crippen LogP contribution in [0.5, 0.6) is 11.5 Å². The number of benzene rings is 2. The highest BCUT2D eigenvalue weighted by Gasteiger charge is 2.25. The summed E-state index contributed by atoms with van der Waals surface area (Å²) < 4.78 is 15.8. The number of carbonyl (C=O) groups is 1. The Balaban J connectivity index is 1.56. The molecule has 0 radical (unpaired) electrons. The monoisotopic (exact) mass is 327 g/mol. The Morgan fingerprint density at radius 3 is 2.33 bits per heavy atom. The summed E-state index contributed by atoms with van der Waals surface area (Å²) in [6.45, 7) is 1.20. The summed E-state index contributed by atoms with van der Waals surface area (Å²) in [5.41, 5.74) is 2.09. The Kier molecular flexibility index (Phi) is 5.33. The second kappa shape index (κ2) is 7.84. The molecule has 2 aromatic carbocycles. The first-order valence-electron chi connectivity index (χ1n) is 8.03. The van der Waals surface area contributed by atoms with Crippen LogP contribution >= 0.6 is 0 Å². The van der Waals surface area contributed by atoms with Crippen LogP contribution < -0.4 is 10.1 Å². The Morgan fingerprint density at radius 1 is 1.08 bits per heavy atom. The number of carbonyl (C=O) groups excluding carboxylic acids is 1. The van der Waals surface area contributed by atoms with Gasteiger partial charge in [-0.1, -0.05) is 12.1 Å². The number of rotatable bonds is 7. The molecule has 1 heterocycles. The van der Waals surface area contributed by atoms with Crippen molar-refractivity contribution in [1.82, 2.24) is 0 Å². The van der Waals surface area contributed by atoms with Gasteiger partial charge in [0.15, 0.2) is 0 Å². The lowest BCUT2D eigenvalue weighted by Gasteiger charge is -2.11. The predicted octanol–water partition coefficient (Wildman–Crippen LogP) is 3.40. The van der Waals surface area contributed by atoms with E-state index in [9.17, 15) is 4.79 Å². The van der Waals surface area contributed by atoms with Gasteiger partial charge in [0.2, 0.25) is 0 Å². The van der Waals surface area contributed by atoms with Gasteiger partial charge in [-0.15, -0.1) is 0 Å². The summed E-state index contributed by atoms with van der Waals surface area (Å²) in [7, 11) is 1.70. The fraction of sp³-hybridized carbons (Fsp3) is 0.316. The summed E-state index contributed by atoms with van der Waals surface area (Å²) in [4.78, 5) is 11.5. The molecular formula is C19H21NO4. The fourth-order valence-electron chi connectivity index (χ4n) is 2.53. The van der Waals surface area contributed by atoms with E-state index >= 15 is 0 Å². The van der Waals surface area contributed by atoms with Crippen LogP contribution in [0.15, 0.2) is 48.5 Å². The number of ether oxygens (including phenoxy) is 3. The highest BCUT2D eigenvalue weighted by atomic mass is 16.5. The lowest BCUT2D eigenvalue weighted by Crippen LogP contribution is -2.24. The molecule has 0 saturated carbocycles. The van der Waals surface area contributed by atoms with Gasteiger partial charge >= 0.3 is 5.97 Å². The molecule has 5 heteroatoms. The lowest BCUT2D eigenvalue weighted by molar-refractivity contribution is -0.138. The van der Waals surface area contributed by atoms with Crippen LogP contribution in [0.1, 0.15) is 12.0 Å². The number of methoxy groups -OCH3 is 1. The summed E-state index contributed by atoms with van der Waals surface area (Å²) >= 11 is 0. The zero-order valence-electron chi connectivity index (χ0n) is 13.7. The van der Waals surface area contributed by atoms with Gasteiger partial charge in [-0.05, 0) is 48.4 Å². The smallest absolute Gasteiger partial charge is 0.328 e. The van der Waals surface area contributed by atoms with Gasteiger partial charge < -0.3 is 19.5 Å². The molecule has 0 unspecified atom stereocenters. The van der Waals surface area contributed by atoms with Crippen LogP contribution in [0.25, 0.3) is 0 Å². The first-order chi connectivity index (χ1) is 11.7. The minimum absolute atomic E-state index is 0.191. The van der Waals surface area contributed by atoms with Crippen LogP contribution in [-0.4, -0.2) is 32.3 Å². The number of cyclic esters (lactones) is 1. The largest absolute Gasteiger partial charge is 0.464 e. The minimum atomic E-state index is -0.253. The second-order valence-corrected chi connectivity index (χ2v) is 5.67. The Hall–Kier alpha value is -2.53. The average Bonchev–Trinajstić information content (AvgIpc) is 3.01. The van der Waals surface area contributed by atoms with Crippen LogP contribution in [0.4, 0.5) is 5.69 Å². The number of hydrogen-bond donors (Lipinski definition) is 1. The third kappa shape index (κ3) is 4.26. The molecule has 1 aliphatic heterocycles. The maximum absolute atomic E-state index is 11.5. The van der Waals surface area contributed by atoms with E-state index in [-0.39, 0.29) is 12.0 Å². The normalized spacial score (nSPS) is 16.7. The van der Waals surface area contributed by atoms with Crippen LogP contribution in [0, 0.1) is 0 Å². The molecule has 126 valence electrons. The SMILES string of the molecule is COCCc1ccc(Oc2ccc(N[C@H]3CCOC3=O)cc2)cc1. The number of hydrogen-bond acceptors (Lipinski definition) is 5. The molecule has 1 atom stereocenters. The molecule has 0 bridgehead atoms. The molecule has 3 rings (SSSR count). The van der Waals surface area contributed by atoms with Gasteiger partial charge in [0.25, 0.3) is 0 Å². The molecule has 5 nitrogen and oxygen atoms in total. The van der Waals surface area contributed by atoms with E-state index in [1.165, 1.54) is 5.56 Å². The molecule has 1 aliphatic rings. The van der Waals surface area contributed by atoms with Crippen molar-refractivity contribution >= 4 is 11.7 Å². The summed E-state index contributed by atoms with van der Waals surface area (Å²) in [6.07, 6.45) is 1.59. The van der Waals surface area contributed by atoms with E-state index in [0.29, 0.717) is 19.6 Å². The molecule has 0 aromatic heterocycles. The molecule has 0 amide bonds. The van der Waals surface area contributed by atoms with E-state index in [0.717, 1.165) is 23.6 Å². The van der Waals surface area contributed by atoms with Crippen molar-refractivity contribution in [1.29, 1.82) is 0 Å². The highest BCUT2D eigenvalue weighted by molar-refractivity contribution is 5.80. The maximum Gasteiger partial charge on any atom is 0.328 e. The van der Waals surface area contributed by atoms with Crippen LogP contribution in [0.3, 0.4) is 0 Å². The van der Waals surface area contributed by atoms with E-state index in [4.69, 9.17) is 14.2 Å². The van der Waals surface area contributed by atoms with Crippen molar-refractivity contribution < 1.29 is 19.0 Å². The minimum Gasteiger partial charge on any atom is -0.464 e. The number of anilines is 1. The average molecular weight is 327 g/mol. The summed E-state index contributed by atoms with van der Waals surface area (Å²) in [5, 5.41) is 3.17. The second-order valence-electron chi connectivity index (χ2n) is 5.67. The quantitative estimate of drug-likeness (QED) is 0.790. The molecule has 0 spiro atoms. The highest BCUT2D eigenvalue weighted by Crippen LogP contribution is 2.24. The first-order valence-corrected chi connectivity index (χ1v) is 8.03. The van der Waals surface area contributed by atoms with Crippen molar-refractivity contribution in [2.45, 2.75) is 18.9 Å². The van der Waals surface area contributed by atoms with E-state index < -0.39 is 0 Å². The first kappa shape index (κ1) is 16.3. The van der Waals surface area contributed by atoms with E-state index in [2.05, 4.69) is 5.32 Å². The number of esters is 1. The summed E-state index contributed by atoms with van der Waals surface area (Å²) in [6, 6.07) is 15.3. The van der Waals surface area contributed by atoms with Gasteiger partial charge in [0, 0.05) is 19.2 Å². The molecule has 1 N–H and O–H groups in total. The van der Waals surface area contributed by atoms with Crippen molar-refractivity contribution in [3.8, 4) is 11.5 Å². The third-order valence-electron chi connectivity index (χ3n) is 3.88. The van der Waals surface area contributed by atoms with Gasteiger partial charge in [-0.3, -0.25) is 0 Å². The molecule has 1 saturated heterocycles. The van der Waals surface area contributed by atoms with E-state index in [1.54, 1.807) is 7.11 Å². The van der Waals surface area contributed by atoms with Crippen LogP contribution in [0.2, 0.25) is 0 Å². The zero-order valence-corrected chi connectivity index (χ0v) is 13.7. The molecule has 2 aromatic rings. The summed E-state index contributed by atoms with van der Waals surface area (Å²) in [5.74, 6) is 1.35. The zero-order chi connectivity index (χ0) is 16.8. The van der Waals surface area contributed by atoms with Crippen molar-refractivity contribution in [2.24, 2.45) is 0 Å². The topological polar surface area (TPSA) is 56.8 Å². The van der Waals surface area contributed by atoms with Gasteiger partial charge in [-0.2, -0.15) is 0 Å². The molecule has 1 fully saturated rings. The van der Waals surface area contributed by atoms with Crippen LogP contribution in [-0.2, 0) is 20.7 Å². The fourth-order valence-corrected chi connectivity index (χ4v) is 2.53. The third-order valence-corrected chi connectivity index (χ3v) is 3.88. The van der Waals surface area contributed by atoms with Crippen molar-refractivity contribution in [3.63, 3.8) is 0 Å². The number of nitrogens with one attached hydrogen (secondary N) is 1. The van der Waals surface area contributed by atoms with Gasteiger partial charge in [0.1, 0.15) is 17.5 Å². The maximum atomic E-state index is 11.5. The standard InChI is InChI=1S/C19H21NO4/c1-22-12-10-14-2-6-16(7-3-14)24-17-8-4-15(5-9-17)20-18-11-13-23-19(18)21/h2-9,18,20H,10-13H2,1H3/t18-/m0/s1. The van der Waals surface area contributed by atoms with Crippen molar-refractivity contribution in [2.75, 3.05) is 25.6 Å². The molecule has 0 aliphatic carbocycles. The lowest BCUT2D eigenvalue weighted by atomic mass is 10.1. The van der Waals surface area contributed by atoms with Gasteiger partial charge in [0.05, 0.1) is 13.2 Å². The van der Waals surface area contributed by atoms with Crippen molar-refractivity contribution in [3.05, 3.63) is 54.1 Å².